The molecule has 0 aliphatic carbocycles. The fourth-order valence-electron chi connectivity index (χ4n) is 2.28. The molecule has 1 saturated heterocycles. The van der Waals surface area contributed by atoms with E-state index in [2.05, 4.69) is 11.0 Å². The molecule has 0 radical (unpaired) electrons. The predicted molar refractivity (Wildman–Crippen MR) is 98.5 cm³/mol. The molecule has 2 rings (SSSR count). The van der Waals surface area contributed by atoms with Gasteiger partial charge in [0.1, 0.15) is 0 Å². The summed E-state index contributed by atoms with van der Waals surface area (Å²) in [6, 6.07) is 3.63. The first-order valence-electron chi connectivity index (χ1n) is 6.98. The summed E-state index contributed by atoms with van der Waals surface area (Å²) in [5, 5.41) is 0. The Kier molecular flexibility index (Phi) is 9.94. The summed E-state index contributed by atoms with van der Waals surface area (Å²) < 4.78 is 0.830. The number of carbonyl (C=O) groups is 1. The van der Waals surface area contributed by atoms with Crippen molar-refractivity contribution in [2.45, 2.75) is 26.4 Å². The van der Waals surface area contributed by atoms with Crippen LogP contribution in [0.1, 0.15) is 18.7 Å². The predicted octanol–water partition coefficient (Wildman–Crippen LogP) is 2.87. The normalized spacial score (nSPS) is 16.9. The molecule has 1 atom stereocenters. The van der Waals surface area contributed by atoms with E-state index in [0.717, 1.165) is 37.1 Å². The first kappa shape index (κ1) is 22.0. The number of hydrogen-bond donors (Lipinski definition) is 1. The number of amides is 1. The van der Waals surface area contributed by atoms with Gasteiger partial charge in [-0.15, -0.1) is 36.2 Å². The van der Waals surface area contributed by atoms with E-state index in [0.29, 0.717) is 0 Å². The molecule has 8 heteroatoms. The topological polar surface area (TPSA) is 49.6 Å². The molecule has 0 aromatic carbocycles. The smallest absolute Gasteiger partial charge is 0.239 e. The van der Waals surface area contributed by atoms with Crippen molar-refractivity contribution in [2.24, 2.45) is 11.7 Å². The van der Waals surface area contributed by atoms with Crippen LogP contribution in [-0.4, -0.2) is 47.9 Å². The van der Waals surface area contributed by atoms with Gasteiger partial charge in [0.25, 0.3) is 0 Å². The van der Waals surface area contributed by atoms with Crippen LogP contribution in [0.25, 0.3) is 0 Å². The van der Waals surface area contributed by atoms with E-state index < -0.39 is 0 Å². The maximum absolute atomic E-state index is 12.2. The second kappa shape index (κ2) is 9.96. The first-order chi connectivity index (χ1) is 9.47. The quantitative estimate of drug-likeness (QED) is 0.863. The van der Waals surface area contributed by atoms with Crippen LogP contribution in [0, 0.1) is 5.92 Å². The lowest BCUT2D eigenvalue weighted by Gasteiger charge is -2.36. The highest BCUT2D eigenvalue weighted by molar-refractivity contribution is 7.16. The van der Waals surface area contributed by atoms with Gasteiger partial charge in [0.05, 0.1) is 10.4 Å². The van der Waals surface area contributed by atoms with Crippen molar-refractivity contribution in [1.82, 2.24) is 9.80 Å². The average molecular weight is 389 g/mol. The van der Waals surface area contributed by atoms with Crippen molar-refractivity contribution < 1.29 is 4.79 Å². The van der Waals surface area contributed by atoms with Crippen LogP contribution in [0.5, 0.6) is 0 Å². The molecule has 4 nitrogen and oxygen atoms in total. The molecule has 0 bridgehead atoms. The molecule has 1 aromatic rings. The van der Waals surface area contributed by atoms with E-state index >= 15 is 0 Å². The van der Waals surface area contributed by atoms with Gasteiger partial charge in [0, 0.05) is 37.6 Å². The maximum atomic E-state index is 12.2. The Hall–Kier alpha value is -0.0400. The van der Waals surface area contributed by atoms with Gasteiger partial charge < -0.3 is 10.6 Å². The lowest BCUT2D eigenvalue weighted by molar-refractivity contribution is -0.135. The van der Waals surface area contributed by atoms with Gasteiger partial charge in [0.15, 0.2) is 0 Å². The number of nitrogens with zero attached hydrogens (tertiary/aromatic N) is 2. The third kappa shape index (κ3) is 5.87. The first-order valence-corrected chi connectivity index (χ1v) is 8.17. The second-order valence-corrected chi connectivity index (χ2v) is 7.38. The number of thiophene rings is 1. The number of rotatable bonds is 4. The molecule has 22 heavy (non-hydrogen) atoms. The van der Waals surface area contributed by atoms with E-state index in [9.17, 15) is 4.79 Å². The van der Waals surface area contributed by atoms with Gasteiger partial charge in [-0.3, -0.25) is 9.69 Å². The minimum Gasteiger partial charge on any atom is -0.339 e. The lowest BCUT2D eigenvalue weighted by Crippen LogP contribution is -2.54. The molecular weight excluding hydrogens is 365 g/mol. The summed E-state index contributed by atoms with van der Waals surface area (Å²) >= 11 is 7.56. The molecule has 0 saturated carbocycles. The van der Waals surface area contributed by atoms with Gasteiger partial charge in [0.2, 0.25) is 5.91 Å². The SMILES string of the molecule is CC(C)[C@@H](N)C(=O)N1CCN(Cc2ccc(Cl)s2)CC1.Cl.Cl. The molecule has 0 unspecified atom stereocenters. The van der Waals surface area contributed by atoms with Crippen molar-refractivity contribution in [2.75, 3.05) is 26.2 Å². The highest BCUT2D eigenvalue weighted by Gasteiger charge is 2.26. The van der Waals surface area contributed by atoms with Gasteiger partial charge >= 0.3 is 0 Å². The second-order valence-electron chi connectivity index (χ2n) is 5.58. The molecule has 2 N–H and O–H groups in total. The van der Waals surface area contributed by atoms with Crippen LogP contribution in [0.3, 0.4) is 0 Å². The molecule has 128 valence electrons. The zero-order chi connectivity index (χ0) is 14.7. The Balaban J connectivity index is 0.00000220. The van der Waals surface area contributed by atoms with E-state index in [1.165, 1.54) is 4.88 Å². The minimum absolute atomic E-state index is 0. The Morgan fingerprint density at radius 3 is 2.32 bits per heavy atom. The van der Waals surface area contributed by atoms with E-state index in [1.54, 1.807) is 11.3 Å². The zero-order valence-electron chi connectivity index (χ0n) is 12.8. The average Bonchev–Trinajstić information content (AvgIpc) is 2.83. The molecule has 1 aliphatic heterocycles. The van der Waals surface area contributed by atoms with Gasteiger partial charge in [-0.2, -0.15) is 0 Å². The fraction of sp³-hybridized carbons (Fsp3) is 0.643. The number of halogens is 3. The minimum atomic E-state index is -0.377. The monoisotopic (exact) mass is 387 g/mol. The van der Waals surface area contributed by atoms with Crippen molar-refractivity contribution in [1.29, 1.82) is 0 Å². The Bertz CT molecular complexity index is 462. The van der Waals surface area contributed by atoms with Crippen LogP contribution in [0.2, 0.25) is 4.34 Å². The third-order valence-electron chi connectivity index (χ3n) is 3.70. The summed E-state index contributed by atoms with van der Waals surface area (Å²) in [5.41, 5.74) is 5.93. The molecule has 2 heterocycles. The summed E-state index contributed by atoms with van der Waals surface area (Å²) in [5.74, 6) is 0.271. The van der Waals surface area contributed by atoms with Crippen LogP contribution in [-0.2, 0) is 11.3 Å². The molecule has 1 aromatic heterocycles. The van der Waals surface area contributed by atoms with E-state index in [1.807, 2.05) is 24.8 Å². The van der Waals surface area contributed by atoms with E-state index in [4.69, 9.17) is 17.3 Å². The fourth-order valence-corrected chi connectivity index (χ4v) is 3.41. The van der Waals surface area contributed by atoms with Crippen molar-refractivity contribution in [3.63, 3.8) is 0 Å². The Morgan fingerprint density at radius 1 is 1.27 bits per heavy atom. The highest BCUT2D eigenvalue weighted by Crippen LogP contribution is 2.23. The zero-order valence-corrected chi connectivity index (χ0v) is 16.0. The van der Waals surface area contributed by atoms with E-state index in [-0.39, 0.29) is 42.7 Å². The summed E-state index contributed by atoms with van der Waals surface area (Å²) in [6.45, 7) is 8.20. The molecule has 1 amide bonds. The standard InChI is InChI=1S/C14H22ClN3OS.2ClH/c1-10(2)13(16)14(19)18-7-5-17(6-8-18)9-11-3-4-12(15)20-11;;/h3-4,10,13H,5-9,16H2,1-2H3;2*1H/t13-;;/m1../s1. The molecule has 0 spiro atoms. The van der Waals surface area contributed by atoms with Gasteiger partial charge in [-0.1, -0.05) is 25.4 Å². The van der Waals surface area contributed by atoms with Crippen molar-refractivity contribution >= 4 is 53.7 Å². The van der Waals surface area contributed by atoms with Crippen LogP contribution < -0.4 is 5.73 Å². The van der Waals surface area contributed by atoms with Crippen LogP contribution in [0.15, 0.2) is 12.1 Å². The Morgan fingerprint density at radius 2 is 1.86 bits per heavy atom. The highest BCUT2D eigenvalue weighted by atomic mass is 35.5. The van der Waals surface area contributed by atoms with Crippen molar-refractivity contribution in [3.05, 3.63) is 21.3 Å². The maximum Gasteiger partial charge on any atom is 0.239 e. The summed E-state index contributed by atoms with van der Waals surface area (Å²) in [4.78, 5) is 17.7. The van der Waals surface area contributed by atoms with Crippen LogP contribution >= 0.6 is 47.8 Å². The summed E-state index contributed by atoms with van der Waals surface area (Å²) in [6.07, 6.45) is 0. The molecule has 1 aliphatic rings. The number of carbonyl (C=O) groups excluding carboxylic acids is 1. The summed E-state index contributed by atoms with van der Waals surface area (Å²) in [7, 11) is 0. The van der Waals surface area contributed by atoms with Crippen LogP contribution in [0.4, 0.5) is 0 Å². The van der Waals surface area contributed by atoms with Crippen molar-refractivity contribution in [3.8, 4) is 0 Å². The third-order valence-corrected chi connectivity index (χ3v) is 4.91. The molecular formula is C14H24Cl3N3OS. The largest absolute Gasteiger partial charge is 0.339 e. The lowest BCUT2D eigenvalue weighted by atomic mass is 10.0. The number of hydrogen-bond acceptors (Lipinski definition) is 4. The Labute approximate surface area is 153 Å². The number of nitrogens with two attached hydrogens (primary N) is 1. The van der Waals surface area contributed by atoms with Gasteiger partial charge in [-0.05, 0) is 18.1 Å². The number of piperazine rings is 1. The van der Waals surface area contributed by atoms with Gasteiger partial charge in [-0.25, -0.2) is 0 Å². The molecule has 1 fully saturated rings.